The van der Waals surface area contributed by atoms with Crippen LogP contribution in [0.5, 0.6) is 5.75 Å². The molecule has 1 aliphatic rings. The summed E-state index contributed by atoms with van der Waals surface area (Å²) in [6, 6.07) is 15.5. The number of anilines is 2. The summed E-state index contributed by atoms with van der Waals surface area (Å²) < 4.78 is 5.69. The van der Waals surface area contributed by atoms with E-state index >= 15 is 0 Å². The number of thiocarbonyl (C=S) groups is 1. The van der Waals surface area contributed by atoms with E-state index in [0.29, 0.717) is 9.23 Å². The second-order valence-electron chi connectivity index (χ2n) is 6.08. The Bertz CT molecular complexity index is 901. The van der Waals surface area contributed by atoms with Gasteiger partial charge in [-0.15, -0.1) is 0 Å². The number of benzene rings is 2. The Morgan fingerprint density at radius 2 is 1.74 bits per heavy atom. The van der Waals surface area contributed by atoms with Crippen LogP contribution >= 0.6 is 24.0 Å². The molecule has 4 nitrogen and oxygen atoms in total. The molecule has 0 spiro atoms. The van der Waals surface area contributed by atoms with Crippen molar-refractivity contribution in [3.05, 3.63) is 71.2 Å². The smallest absolute Gasteiger partial charge is 0.270 e. The minimum Gasteiger partial charge on any atom is -0.497 e. The molecule has 27 heavy (non-hydrogen) atoms. The van der Waals surface area contributed by atoms with Gasteiger partial charge < -0.3 is 9.64 Å². The average molecular weight is 397 g/mol. The summed E-state index contributed by atoms with van der Waals surface area (Å²) in [5.41, 5.74) is 2.96. The van der Waals surface area contributed by atoms with Crippen LogP contribution in [0.3, 0.4) is 0 Å². The molecule has 1 fully saturated rings. The second-order valence-corrected chi connectivity index (χ2v) is 7.76. The van der Waals surface area contributed by atoms with Crippen molar-refractivity contribution >= 4 is 51.7 Å². The number of ether oxygens (including phenoxy) is 1. The molecule has 0 aliphatic carbocycles. The van der Waals surface area contributed by atoms with Gasteiger partial charge in [0, 0.05) is 19.8 Å². The van der Waals surface area contributed by atoms with Crippen LogP contribution in [-0.2, 0) is 4.79 Å². The summed E-state index contributed by atoms with van der Waals surface area (Å²) >= 11 is 6.70. The van der Waals surface area contributed by atoms with Crippen LogP contribution in [0.1, 0.15) is 5.56 Å². The van der Waals surface area contributed by atoms with Gasteiger partial charge in [0.1, 0.15) is 5.75 Å². The molecule has 138 valence electrons. The van der Waals surface area contributed by atoms with Gasteiger partial charge in [0.05, 0.1) is 17.7 Å². The lowest BCUT2D eigenvalue weighted by atomic mass is 10.2. The SMILES string of the molecule is COc1ccc(N2C(=O)/C(=C\C=C\c3ccc(N(C)C)cc3)SC2=S)cc1. The van der Waals surface area contributed by atoms with Gasteiger partial charge in [0.2, 0.25) is 0 Å². The van der Waals surface area contributed by atoms with Gasteiger partial charge in [-0.2, -0.15) is 0 Å². The van der Waals surface area contributed by atoms with E-state index in [1.54, 1.807) is 12.0 Å². The van der Waals surface area contributed by atoms with Crippen LogP contribution in [0.2, 0.25) is 0 Å². The number of nitrogens with zero attached hydrogens (tertiary/aromatic N) is 2. The molecule has 0 unspecified atom stereocenters. The van der Waals surface area contributed by atoms with Gasteiger partial charge >= 0.3 is 0 Å². The first-order valence-corrected chi connectivity index (χ1v) is 9.58. The van der Waals surface area contributed by atoms with Gasteiger partial charge in [-0.3, -0.25) is 9.69 Å². The van der Waals surface area contributed by atoms with Crippen LogP contribution in [0.25, 0.3) is 6.08 Å². The molecule has 0 bridgehead atoms. The van der Waals surface area contributed by atoms with Crippen LogP contribution in [0.15, 0.2) is 65.6 Å². The van der Waals surface area contributed by atoms with Crippen LogP contribution < -0.4 is 14.5 Å². The molecule has 0 saturated carbocycles. The van der Waals surface area contributed by atoms with Crippen LogP contribution in [-0.4, -0.2) is 31.4 Å². The summed E-state index contributed by atoms with van der Waals surface area (Å²) in [5, 5.41) is 0. The summed E-state index contributed by atoms with van der Waals surface area (Å²) in [6.45, 7) is 0. The minimum atomic E-state index is -0.109. The zero-order valence-corrected chi connectivity index (χ0v) is 17.0. The molecule has 2 aromatic rings. The number of allylic oxidation sites excluding steroid dienone is 2. The molecule has 1 saturated heterocycles. The van der Waals surface area contributed by atoms with Gasteiger partial charge in [-0.05, 0) is 48.0 Å². The number of rotatable bonds is 5. The Morgan fingerprint density at radius 3 is 2.33 bits per heavy atom. The molecule has 1 heterocycles. The number of methoxy groups -OCH3 is 1. The number of amides is 1. The van der Waals surface area contributed by atoms with Crippen molar-refractivity contribution in [2.45, 2.75) is 0 Å². The highest BCUT2D eigenvalue weighted by Gasteiger charge is 2.32. The van der Waals surface area contributed by atoms with Crippen LogP contribution in [0, 0.1) is 0 Å². The number of hydrogen-bond acceptors (Lipinski definition) is 5. The molecular formula is C21H20N2O2S2. The minimum absolute atomic E-state index is 0.109. The topological polar surface area (TPSA) is 32.8 Å². The second kappa shape index (κ2) is 8.41. The zero-order valence-electron chi connectivity index (χ0n) is 15.4. The maximum absolute atomic E-state index is 12.7. The van der Waals surface area contributed by atoms with E-state index in [4.69, 9.17) is 17.0 Å². The number of carbonyl (C=O) groups is 1. The van der Waals surface area contributed by atoms with Crippen molar-refractivity contribution in [2.75, 3.05) is 31.0 Å². The normalized spacial score (nSPS) is 15.8. The maximum atomic E-state index is 12.7. The Balaban J connectivity index is 1.73. The fraction of sp³-hybridized carbons (Fsp3) is 0.143. The first-order chi connectivity index (χ1) is 13.0. The van der Waals surface area contributed by atoms with E-state index in [9.17, 15) is 4.79 Å². The van der Waals surface area contributed by atoms with Crippen molar-refractivity contribution in [2.24, 2.45) is 0 Å². The Morgan fingerprint density at radius 1 is 1.07 bits per heavy atom. The lowest BCUT2D eigenvalue weighted by Gasteiger charge is -2.14. The van der Waals surface area contributed by atoms with E-state index in [-0.39, 0.29) is 5.91 Å². The van der Waals surface area contributed by atoms with Gasteiger partial charge in [-0.1, -0.05) is 48.3 Å². The fourth-order valence-electron chi connectivity index (χ4n) is 2.57. The Hall–Kier alpha value is -2.57. The summed E-state index contributed by atoms with van der Waals surface area (Å²) in [4.78, 5) is 16.9. The third kappa shape index (κ3) is 4.40. The molecular weight excluding hydrogens is 376 g/mol. The van der Waals surface area contributed by atoms with E-state index < -0.39 is 0 Å². The Labute approximate surface area is 169 Å². The largest absolute Gasteiger partial charge is 0.497 e. The highest BCUT2D eigenvalue weighted by molar-refractivity contribution is 8.27. The van der Waals surface area contributed by atoms with Crippen molar-refractivity contribution < 1.29 is 9.53 Å². The van der Waals surface area contributed by atoms with Gasteiger partial charge in [-0.25, -0.2) is 0 Å². The molecule has 0 radical (unpaired) electrons. The van der Waals surface area contributed by atoms with Crippen molar-refractivity contribution in [1.82, 2.24) is 0 Å². The third-order valence-corrected chi connectivity index (χ3v) is 5.39. The first kappa shape index (κ1) is 19.2. The molecule has 1 amide bonds. The molecule has 0 N–H and O–H groups in total. The number of thioether (sulfide) groups is 1. The molecule has 0 aromatic heterocycles. The number of carbonyl (C=O) groups excluding carboxylic acids is 1. The van der Waals surface area contributed by atoms with E-state index in [2.05, 4.69) is 17.0 Å². The standard InChI is InChI=1S/C21H20N2O2S2/c1-22(2)16-9-7-15(8-10-16)5-4-6-19-20(24)23(21(26)27-19)17-11-13-18(25-3)14-12-17/h4-14H,1-3H3/b5-4+,19-6+. The molecule has 6 heteroatoms. The predicted molar refractivity (Wildman–Crippen MR) is 119 cm³/mol. The monoisotopic (exact) mass is 396 g/mol. The molecule has 3 rings (SSSR count). The Kier molecular flexibility index (Phi) is 5.98. The summed E-state index contributed by atoms with van der Waals surface area (Å²) in [5.74, 6) is 0.630. The lowest BCUT2D eigenvalue weighted by molar-refractivity contribution is -0.113. The average Bonchev–Trinajstić information content (AvgIpc) is 2.96. The van der Waals surface area contributed by atoms with Crippen molar-refractivity contribution in [1.29, 1.82) is 0 Å². The van der Waals surface area contributed by atoms with Crippen LogP contribution in [0.4, 0.5) is 11.4 Å². The highest BCUT2D eigenvalue weighted by Crippen LogP contribution is 2.35. The molecule has 0 atom stereocenters. The first-order valence-electron chi connectivity index (χ1n) is 8.35. The third-order valence-electron chi connectivity index (χ3n) is 4.07. The molecule has 2 aromatic carbocycles. The molecule has 1 aliphatic heterocycles. The maximum Gasteiger partial charge on any atom is 0.270 e. The quantitative estimate of drug-likeness (QED) is 0.539. The van der Waals surface area contributed by atoms with Gasteiger partial charge in [0.25, 0.3) is 5.91 Å². The van der Waals surface area contributed by atoms with Crippen molar-refractivity contribution in [3.63, 3.8) is 0 Å². The summed E-state index contributed by atoms with van der Waals surface area (Å²) in [6.07, 6.45) is 5.66. The highest BCUT2D eigenvalue weighted by atomic mass is 32.2. The fourth-order valence-corrected chi connectivity index (χ4v) is 3.82. The zero-order chi connectivity index (χ0) is 19.4. The predicted octanol–water partition coefficient (Wildman–Crippen LogP) is 4.72. The van der Waals surface area contributed by atoms with E-state index in [0.717, 1.165) is 22.7 Å². The lowest BCUT2D eigenvalue weighted by Crippen LogP contribution is -2.27. The number of hydrogen-bond donors (Lipinski definition) is 0. The van der Waals surface area contributed by atoms with E-state index in [1.165, 1.54) is 11.8 Å². The van der Waals surface area contributed by atoms with E-state index in [1.807, 2.05) is 68.7 Å². The van der Waals surface area contributed by atoms with Gasteiger partial charge in [0.15, 0.2) is 4.32 Å². The van der Waals surface area contributed by atoms with Crippen molar-refractivity contribution in [3.8, 4) is 5.75 Å². The summed E-state index contributed by atoms with van der Waals surface area (Å²) in [7, 11) is 5.63.